The van der Waals surface area contributed by atoms with Crippen LogP contribution in [-0.2, 0) is 10.9 Å². The smallest absolute Gasteiger partial charge is 0.379 e. The molecule has 1 fully saturated rings. The highest BCUT2D eigenvalue weighted by Crippen LogP contribution is 2.31. The number of hydrogen-bond donors (Lipinski definition) is 1. The fourth-order valence-corrected chi connectivity index (χ4v) is 3.35. The second-order valence-corrected chi connectivity index (χ2v) is 6.77. The van der Waals surface area contributed by atoms with Gasteiger partial charge >= 0.3 is 6.18 Å². The fraction of sp³-hybridized carbons (Fsp3) is 0.350. The first-order valence-corrected chi connectivity index (χ1v) is 9.28. The van der Waals surface area contributed by atoms with Crippen molar-refractivity contribution in [3.63, 3.8) is 0 Å². The number of nitro groups is 1. The molecule has 30 heavy (non-hydrogen) atoms. The highest BCUT2D eigenvalue weighted by molar-refractivity contribution is 5.98. The van der Waals surface area contributed by atoms with E-state index in [4.69, 9.17) is 4.74 Å². The van der Waals surface area contributed by atoms with Crippen LogP contribution in [0.4, 0.5) is 18.9 Å². The molecule has 1 N–H and O–H groups in total. The van der Waals surface area contributed by atoms with Crippen LogP contribution >= 0.6 is 0 Å². The number of benzene rings is 2. The summed E-state index contributed by atoms with van der Waals surface area (Å²) < 4.78 is 44.0. The van der Waals surface area contributed by atoms with Gasteiger partial charge in [0, 0.05) is 25.7 Å². The number of alkyl halides is 3. The number of carbonyl (C=O) groups is 1. The van der Waals surface area contributed by atoms with E-state index in [1.807, 2.05) is 4.90 Å². The van der Waals surface area contributed by atoms with Crippen molar-refractivity contribution in [2.75, 3.05) is 32.8 Å². The standard InChI is InChI=1S/C20H20F3N3O4/c21-20(22,23)15-7-5-14(6-8-15)18(25-9-11-30-12-10-25)13-24-19(27)16-3-1-2-4-17(16)26(28)29/h1-8,18H,9-13H2,(H,24,27). The number of nitrogens with one attached hydrogen (secondary N) is 1. The number of nitrogens with zero attached hydrogens (tertiary/aromatic N) is 2. The van der Waals surface area contributed by atoms with Crippen molar-refractivity contribution in [2.45, 2.75) is 12.2 Å². The number of para-hydroxylation sites is 1. The average Bonchev–Trinajstić information content (AvgIpc) is 2.74. The van der Waals surface area contributed by atoms with Crippen molar-refractivity contribution in [3.8, 4) is 0 Å². The zero-order valence-corrected chi connectivity index (χ0v) is 15.9. The van der Waals surface area contributed by atoms with Crippen LogP contribution in [0.5, 0.6) is 0 Å². The Hall–Kier alpha value is -2.98. The van der Waals surface area contributed by atoms with Crippen LogP contribution in [0.2, 0.25) is 0 Å². The van der Waals surface area contributed by atoms with E-state index in [0.717, 1.165) is 12.1 Å². The number of ether oxygens (including phenoxy) is 1. The van der Waals surface area contributed by atoms with Gasteiger partial charge in [-0.2, -0.15) is 13.2 Å². The van der Waals surface area contributed by atoms with Gasteiger partial charge < -0.3 is 10.1 Å². The lowest BCUT2D eigenvalue weighted by molar-refractivity contribution is -0.385. The summed E-state index contributed by atoms with van der Waals surface area (Å²) in [4.78, 5) is 25.1. The van der Waals surface area contributed by atoms with E-state index in [0.29, 0.717) is 31.9 Å². The second-order valence-electron chi connectivity index (χ2n) is 6.77. The summed E-state index contributed by atoms with van der Waals surface area (Å²) >= 11 is 0. The molecule has 7 nitrogen and oxygen atoms in total. The molecule has 1 unspecified atom stereocenters. The quantitative estimate of drug-likeness (QED) is 0.569. The van der Waals surface area contributed by atoms with Gasteiger partial charge in [0.2, 0.25) is 0 Å². The molecule has 10 heteroatoms. The molecule has 0 aromatic heterocycles. The van der Waals surface area contributed by atoms with Gasteiger partial charge in [-0.25, -0.2) is 0 Å². The number of nitro benzene ring substituents is 1. The lowest BCUT2D eigenvalue weighted by Gasteiger charge is -2.35. The molecule has 160 valence electrons. The summed E-state index contributed by atoms with van der Waals surface area (Å²) in [5.74, 6) is -0.618. The van der Waals surface area contributed by atoms with E-state index in [1.165, 1.54) is 36.4 Å². The Bertz CT molecular complexity index is 897. The third kappa shape index (κ3) is 5.14. The molecule has 2 aromatic rings. The van der Waals surface area contributed by atoms with Crippen LogP contribution in [0.3, 0.4) is 0 Å². The van der Waals surface area contributed by atoms with E-state index in [9.17, 15) is 28.1 Å². The minimum absolute atomic E-state index is 0.0735. The maximum Gasteiger partial charge on any atom is 0.416 e. The predicted molar refractivity (Wildman–Crippen MR) is 102 cm³/mol. The van der Waals surface area contributed by atoms with E-state index in [1.54, 1.807) is 0 Å². The molecule has 0 aliphatic carbocycles. The molecule has 1 heterocycles. The first kappa shape index (κ1) is 21.7. The summed E-state index contributed by atoms with van der Waals surface area (Å²) in [5, 5.41) is 13.8. The Morgan fingerprint density at radius 1 is 1.13 bits per heavy atom. The molecular formula is C20H20F3N3O4. The van der Waals surface area contributed by atoms with Crippen molar-refractivity contribution in [1.82, 2.24) is 10.2 Å². The SMILES string of the molecule is O=C(NCC(c1ccc(C(F)(F)F)cc1)N1CCOCC1)c1ccccc1[N+](=O)[O-]. The fourth-order valence-electron chi connectivity index (χ4n) is 3.35. The number of rotatable bonds is 6. The highest BCUT2D eigenvalue weighted by atomic mass is 19.4. The summed E-state index contributed by atoms with van der Waals surface area (Å²) in [7, 11) is 0. The predicted octanol–water partition coefficient (Wildman–Crippen LogP) is 3.42. The van der Waals surface area contributed by atoms with Crippen LogP contribution in [0.15, 0.2) is 48.5 Å². The summed E-state index contributed by atoms with van der Waals surface area (Å²) in [6.07, 6.45) is -4.44. The van der Waals surface area contributed by atoms with Crippen LogP contribution in [0, 0.1) is 10.1 Å². The van der Waals surface area contributed by atoms with Gasteiger partial charge in [0.15, 0.2) is 0 Å². The normalized spacial score (nSPS) is 16.1. The Morgan fingerprint density at radius 2 is 1.77 bits per heavy atom. The summed E-state index contributed by atoms with van der Waals surface area (Å²) in [6.45, 7) is 2.11. The maximum atomic E-state index is 12.9. The Balaban J connectivity index is 1.80. The minimum Gasteiger partial charge on any atom is -0.379 e. The van der Waals surface area contributed by atoms with Gasteiger partial charge in [-0.05, 0) is 23.8 Å². The van der Waals surface area contributed by atoms with Gasteiger partial charge in [0.25, 0.3) is 11.6 Å². The van der Waals surface area contributed by atoms with Crippen LogP contribution < -0.4 is 5.32 Å². The van der Waals surface area contributed by atoms with E-state index in [-0.39, 0.29) is 17.8 Å². The number of morpholine rings is 1. The molecule has 3 rings (SSSR count). The number of hydrogen-bond acceptors (Lipinski definition) is 5. The maximum absolute atomic E-state index is 12.9. The summed E-state index contributed by atoms with van der Waals surface area (Å²) in [5.41, 5.74) is -0.535. The molecule has 2 aromatic carbocycles. The molecule has 1 aliphatic heterocycles. The minimum atomic E-state index is -4.44. The lowest BCUT2D eigenvalue weighted by atomic mass is 10.0. The molecule has 1 aliphatic rings. The van der Waals surface area contributed by atoms with Crippen LogP contribution in [0.25, 0.3) is 0 Å². The number of halogens is 3. The monoisotopic (exact) mass is 423 g/mol. The van der Waals surface area contributed by atoms with Crippen molar-refractivity contribution in [2.24, 2.45) is 0 Å². The molecule has 1 atom stereocenters. The lowest BCUT2D eigenvalue weighted by Crippen LogP contribution is -2.43. The molecule has 0 saturated carbocycles. The van der Waals surface area contributed by atoms with Crippen LogP contribution in [-0.4, -0.2) is 48.6 Å². The average molecular weight is 423 g/mol. The first-order chi connectivity index (χ1) is 14.3. The zero-order chi connectivity index (χ0) is 21.7. The van der Waals surface area contributed by atoms with Crippen molar-refractivity contribution in [1.29, 1.82) is 0 Å². The summed E-state index contributed by atoms with van der Waals surface area (Å²) in [6, 6.07) is 9.98. The van der Waals surface area contributed by atoms with Crippen molar-refractivity contribution in [3.05, 3.63) is 75.3 Å². The van der Waals surface area contributed by atoms with Gasteiger partial charge in [-0.1, -0.05) is 24.3 Å². The van der Waals surface area contributed by atoms with Gasteiger partial charge in [0.05, 0.1) is 29.7 Å². The topological polar surface area (TPSA) is 84.7 Å². The van der Waals surface area contributed by atoms with Gasteiger partial charge in [0.1, 0.15) is 5.56 Å². The van der Waals surface area contributed by atoms with E-state index < -0.39 is 28.6 Å². The Morgan fingerprint density at radius 3 is 2.37 bits per heavy atom. The Kier molecular flexibility index (Phi) is 6.68. The number of amides is 1. The molecule has 0 bridgehead atoms. The Labute approximate surface area is 170 Å². The van der Waals surface area contributed by atoms with E-state index >= 15 is 0 Å². The van der Waals surface area contributed by atoms with Gasteiger partial charge in [-0.3, -0.25) is 19.8 Å². The van der Waals surface area contributed by atoms with Crippen molar-refractivity contribution < 1.29 is 27.6 Å². The van der Waals surface area contributed by atoms with Crippen LogP contribution in [0.1, 0.15) is 27.5 Å². The molecule has 0 radical (unpaired) electrons. The molecule has 0 spiro atoms. The largest absolute Gasteiger partial charge is 0.416 e. The molecule has 1 amide bonds. The number of carbonyl (C=O) groups excluding carboxylic acids is 1. The third-order valence-corrected chi connectivity index (χ3v) is 4.91. The van der Waals surface area contributed by atoms with Crippen molar-refractivity contribution >= 4 is 11.6 Å². The third-order valence-electron chi connectivity index (χ3n) is 4.91. The highest BCUT2D eigenvalue weighted by Gasteiger charge is 2.31. The van der Waals surface area contributed by atoms with Gasteiger partial charge in [-0.15, -0.1) is 0 Å². The first-order valence-electron chi connectivity index (χ1n) is 9.28. The molecular weight excluding hydrogens is 403 g/mol. The second kappa shape index (κ2) is 9.23. The molecule has 1 saturated heterocycles. The zero-order valence-electron chi connectivity index (χ0n) is 15.9. The van der Waals surface area contributed by atoms with E-state index in [2.05, 4.69) is 5.32 Å².